The fraction of sp³-hybridized carbons (Fsp3) is 0.364. The average molecular weight is 554 g/mol. The van der Waals surface area contributed by atoms with Gasteiger partial charge >= 0.3 is 0 Å². The van der Waals surface area contributed by atoms with E-state index in [0.717, 1.165) is 60.1 Å². The van der Waals surface area contributed by atoms with Gasteiger partial charge in [0.05, 0.1) is 5.39 Å². The quantitative estimate of drug-likeness (QED) is 0.228. The molecule has 0 amide bonds. The number of ether oxygens (including phenoxy) is 1. The number of nitrogens with two attached hydrogens (primary N) is 1. The minimum Gasteiger partial charge on any atom is -0.457 e. The van der Waals surface area contributed by atoms with Crippen molar-refractivity contribution in [1.29, 1.82) is 0 Å². The number of carbonyl (C=O) groups is 1. The zero-order valence-electron chi connectivity index (χ0n) is 23.6. The molecule has 0 bridgehead atoms. The molecule has 2 aromatic carbocycles. The maximum atomic E-state index is 13.6. The largest absolute Gasteiger partial charge is 0.457 e. The van der Waals surface area contributed by atoms with Crippen LogP contribution in [0.25, 0.3) is 22.2 Å². The first kappa shape index (κ1) is 27.1. The fourth-order valence-electron chi connectivity index (χ4n) is 6.22. The number of aromatic nitrogens is 3. The van der Waals surface area contributed by atoms with E-state index in [1.54, 1.807) is 18.2 Å². The Balaban J connectivity index is 1.26. The lowest BCUT2D eigenvalue weighted by Crippen LogP contribution is -2.25. The highest BCUT2D eigenvalue weighted by Crippen LogP contribution is 2.43. The van der Waals surface area contributed by atoms with Crippen molar-refractivity contribution in [1.82, 2.24) is 19.4 Å². The van der Waals surface area contributed by atoms with E-state index in [1.807, 2.05) is 30.3 Å². The van der Waals surface area contributed by atoms with Gasteiger partial charge in [-0.2, -0.15) is 0 Å². The van der Waals surface area contributed by atoms with E-state index in [2.05, 4.69) is 33.4 Å². The van der Waals surface area contributed by atoms with Gasteiger partial charge in [0.2, 0.25) is 0 Å². The number of allylic oxidation sites excluding steroid dienone is 1. The molecule has 212 valence electrons. The van der Waals surface area contributed by atoms with Crippen molar-refractivity contribution in [3.63, 3.8) is 0 Å². The fourth-order valence-corrected chi connectivity index (χ4v) is 6.22. The van der Waals surface area contributed by atoms with Crippen molar-refractivity contribution < 1.29 is 13.9 Å². The average Bonchev–Trinajstić information content (AvgIpc) is 3.77. The molecular weight excluding hydrogens is 517 g/mol. The number of halogens is 1. The molecule has 0 aliphatic heterocycles. The summed E-state index contributed by atoms with van der Waals surface area (Å²) >= 11 is 0. The molecule has 2 N–H and O–H groups in total. The summed E-state index contributed by atoms with van der Waals surface area (Å²) < 4.78 is 21.7. The molecule has 2 heterocycles. The molecule has 0 radical (unpaired) electrons. The van der Waals surface area contributed by atoms with Gasteiger partial charge in [-0.05, 0) is 82.0 Å². The van der Waals surface area contributed by atoms with Gasteiger partial charge < -0.3 is 15.0 Å². The van der Waals surface area contributed by atoms with Crippen LogP contribution in [0.15, 0.2) is 67.0 Å². The first-order valence-corrected chi connectivity index (χ1v) is 14.4. The number of hydrogen-bond donors (Lipinski definition) is 1. The normalized spacial score (nSPS) is 19.3. The van der Waals surface area contributed by atoms with Gasteiger partial charge in [0.1, 0.15) is 35.1 Å². The third-order valence-electron chi connectivity index (χ3n) is 8.49. The summed E-state index contributed by atoms with van der Waals surface area (Å²) in [5, 5.41) is 0.820. The second kappa shape index (κ2) is 11.4. The molecule has 1 unspecified atom stereocenters. The number of nitrogen functional groups attached to an aromatic ring is 1. The van der Waals surface area contributed by atoms with E-state index >= 15 is 0 Å². The predicted molar refractivity (Wildman–Crippen MR) is 159 cm³/mol. The van der Waals surface area contributed by atoms with Crippen molar-refractivity contribution in [2.75, 3.05) is 19.3 Å². The van der Waals surface area contributed by atoms with Gasteiger partial charge in [0.25, 0.3) is 0 Å². The number of rotatable bonds is 9. The molecule has 2 saturated carbocycles. The molecule has 2 aliphatic carbocycles. The van der Waals surface area contributed by atoms with Crippen molar-refractivity contribution in [2.24, 2.45) is 5.92 Å². The number of anilines is 1. The van der Waals surface area contributed by atoms with Crippen LogP contribution in [0.1, 0.15) is 50.3 Å². The summed E-state index contributed by atoms with van der Waals surface area (Å²) in [4.78, 5) is 24.5. The van der Waals surface area contributed by atoms with Gasteiger partial charge in [-0.1, -0.05) is 30.7 Å². The number of carbonyl (C=O) groups excluding carboxylic acids is 1. The minimum atomic E-state index is -0.345. The van der Waals surface area contributed by atoms with E-state index in [0.29, 0.717) is 23.4 Å². The summed E-state index contributed by atoms with van der Waals surface area (Å²) in [5.41, 5.74) is 10.2. The smallest absolute Gasteiger partial charge is 0.158 e. The predicted octanol–water partition coefficient (Wildman–Crippen LogP) is 6.87. The SMILES string of the molecule is Cc1c(-c2ccc(Oc3cccc(F)c3)cc2)c2c(N)ncnc2n1[C@@H]1CCCC(C(=O)/C=C/CN(C)C2CC2)C1. The van der Waals surface area contributed by atoms with Crippen LogP contribution in [0.3, 0.4) is 0 Å². The Morgan fingerprint density at radius 2 is 1.93 bits per heavy atom. The maximum Gasteiger partial charge on any atom is 0.158 e. The summed E-state index contributed by atoms with van der Waals surface area (Å²) in [6, 6.07) is 14.6. The van der Waals surface area contributed by atoms with Crippen molar-refractivity contribution in [3.05, 3.63) is 78.5 Å². The molecule has 2 atom stereocenters. The molecule has 2 aliphatic rings. The Hall–Kier alpha value is -4.04. The highest BCUT2D eigenvalue weighted by molar-refractivity contribution is 6.02. The lowest BCUT2D eigenvalue weighted by molar-refractivity contribution is -0.119. The highest BCUT2D eigenvalue weighted by atomic mass is 19.1. The zero-order chi connectivity index (χ0) is 28.5. The van der Waals surface area contributed by atoms with Crippen molar-refractivity contribution >= 4 is 22.6 Å². The molecule has 2 aromatic heterocycles. The lowest BCUT2D eigenvalue weighted by Gasteiger charge is -2.30. The Labute approximate surface area is 239 Å². The molecule has 4 aromatic rings. The number of hydrogen-bond acceptors (Lipinski definition) is 6. The third kappa shape index (κ3) is 5.75. The summed E-state index contributed by atoms with van der Waals surface area (Å²) in [6.45, 7) is 2.91. The standard InChI is InChI=1S/C33H36FN5O2/c1-21-30(22-11-15-27(16-12-22)41-28-9-4-7-24(34)19-28)31-32(35)36-20-37-33(31)39(21)26-8-3-6-23(18-26)29(40)10-5-17-38(2)25-13-14-25/h4-5,7,9-12,15-16,19-20,23,25-26H,3,6,8,13-14,17-18H2,1-2H3,(H2,35,36,37)/b10-5+/t23?,26-/m1/s1. The van der Waals surface area contributed by atoms with Gasteiger partial charge in [0.15, 0.2) is 5.78 Å². The third-order valence-corrected chi connectivity index (χ3v) is 8.49. The maximum absolute atomic E-state index is 13.6. The first-order chi connectivity index (χ1) is 19.9. The van der Waals surface area contributed by atoms with Crippen LogP contribution in [-0.2, 0) is 4.79 Å². The lowest BCUT2D eigenvalue weighted by atomic mass is 9.82. The van der Waals surface area contributed by atoms with Crippen LogP contribution >= 0.6 is 0 Å². The molecule has 0 spiro atoms. The van der Waals surface area contributed by atoms with Crippen LogP contribution in [0.5, 0.6) is 11.5 Å². The number of ketones is 1. The molecule has 2 fully saturated rings. The summed E-state index contributed by atoms with van der Waals surface area (Å²) in [7, 11) is 2.12. The molecule has 6 rings (SSSR count). The Morgan fingerprint density at radius 3 is 2.68 bits per heavy atom. The second-order valence-electron chi connectivity index (χ2n) is 11.4. The molecule has 0 saturated heterocycles. The van der Waals surface area contributed by atoms with E-state index in [4.69, 9.17) is 10.5 Å². The van der Waals surface area contributed by atoms with E-state index < -0.39 is 0 Å². The van der Waals surface area contributed by atoms with E-state index in [1.165, 1.54) is 31.3 Å². The number of fused-ring (bicyclic) bond motifs is 1. The van der Waals surface area contributed by atoms with Crippen LogP contribution in [0.2, 0.25) is 0 Å². The number of benzene rings is 2. The Kier molecular flexibility index (Phi) is 7.58. The van der Waals surface area contributed by atoms with E-state index in [-0.39, 0.29) is 23.6 Å². The van der Waals surface area contributed by atoms with E-state index in [9.17, 15) is 9.18 Å². The molecule has 7 nitrogen and oxygen atoms in total. The Bertz CT molecular complexity index is 1590. The van der Waals surface area contributed by atoms with Gasteiger partial charge in [-0.15, -0.1) is 0 Å². The molecule has 41 heavy (non-hydrogen) atoms. The summed E-state index contributed by atoms with van der Waals surface area (Å²) in [5.74, 6) is 1.34. The van der Waals surface area contributed by atoms with Crippen LogP contribution in [0.4, 0.5) is 10.2 Å². The second-order valence-corrected chi connectivity index (χ2v) is 11.4. The van der Waals surface area contributed by atoms with Crippen LogP contribution in [-0.4, -0.2) is 44.9 Å². The van der Waals surface area contributed by atoms with Crippen LogP contribution < -0.4 is 10.5 Å². The topological polar surface area (TPSA) is 86.3 Å². The summed E-state index contributed by atoms with van der Waals surface area (Å²) in [6.07, 6.45) is 11.5. The first-order valence-electron chi connectivity index (χ1n) is 14.4. The van der Waals surface area contributed by atoms with Gasteiger partial charge in [0, 0.05) is 41.9 Å². The Morgan fingerprint density at radius 1 is 1.12 bits per heavy atom. The zero-order valence-corrected chi connectivity index (χ0v) is 23.6. The van der Waals surface area contributed by atoms with Gasteiger partial charge in [-0.3, -0.25) is 9.69 Å². The van der Waals surface area contributed by atoms with Gasteiger partial charge in [-0.25, -0.2) is 14.4 Å². The molecule has 8 heteroatoms. The number of nitrogens with zero attached hydrogens (tertiary/aromatic N) is 4. The highest BCUT2D eigenvalue weighted by Gasteiger charge is 2.31. The monoisotopic (exact) mass is 553 g/mol. The van der Waals surface area contributed by atoms with Crippen LogP contribution in [0, 0.1) is 18.7 Å². The minimum absolute atomic E-state index is 0.00466. The van der Waals surface area contributed by atoms with Crippen molar-refractivity contribution in [2.45, 2.75) is 57.5 Å². The number of likely N-dealkylation sites (N-methyl/N-ethyl adjacent to an activating group) is 1. The molecular formula is C33H36FN5O2. The van der Waals surface area contributed by atoms with Crippen molar-refractivity contribution in [3.8, 4) is 22.6 Å².